The fourth-order valence-electron chi connectivity index (χ4n) is 2.53. The molecule has 0 aromatic rings. The Kier molecular flexibility index (Phi) is 7.48. The van der Waals surface area contributed by atoms with Gasteiger partial charge in [0, 0.05) is 32.5 Å². The van der Waals surface area contributed by atoms with E-state index in [1.807, 2.05) is 4.90 Å². The molecule has 1 saturated heterocycles. The summed E-state index contributed by atoms with van der Waals surface area (Å²) in [6.07, 6.45) is 6.41. The van der Waals surface area contributed by atoms with Gasteiger partial charge in [-0.3, -0.25) is 9.59 Å². The highest BCUT2D eigenvalue weighted by molar-refractivity contribution is 5.79. The molecular formula is C14H27N3O2. The Hall–Kier alpha value is -1.10. The first-order chi connectivity index (χ1) is 9.19. The smallest absolute Gasteiger partial charge is 0.222 e. The van der Waals surface area contributed by atoms with Gasteiger partial charge in [-0.05, 0) is 32.2 Å². The third kappa shape index (κ3) is 5.59. The maximum atomic E-state index is 12.0. The van der Waals surface area contributed by atoms with Crippen LogP contribution in [0.5, 0.6) is 0 Å². The summed E-state index contributed by atoms with van der Waals surface area (Å²) in [5.74, 6) is 0.426. The monoisotopic (exact) mass is 269 g/mol. The van der Waals surface area contributed by atoms with E-state index in [4.69, 9.17) is 5.73 Å². The van der Waals surface area contributed by atoms with E-state index in [1.165, 1.54) is 0 Å². The lowest BCUT2D eigenvalue weighted by molar-refractivity contribution is -0.135. The van der Waals surface area contributed by atoms with Crippen LogP contribution in [0.1, 0.15) is 44.9 Å². The second kappa shape index (κ2) is 8.91. The van der Waals surface area contributed by atoms with E-state index in [1.54, 1.807) is 7.05 Å². The molecule has 1 fully saturated rings. The highest BCUT2D eigenvalue weighted by Gasteiger charge is 2.26. The van der Waals surface area contributed by atoms with Gasteiger partial charge in [0.05, 0.1) is 0 Å². The summed E-state index contributed by atoms with van der Waals surface area (Å²) in [5, 5.41) is 2.68. The van der Waals surface area contributed by atoms with Crippen molar-refractivity contribution in [3.05, 3.63) is 0 Å². The topological polar surface area (TPSA) is 75.4 Å². The maximum absolute atomic E-state index is 12.0. The zero-order valence-corrected chi connectivity index (χ0v) is 12.0. The van der Waals surface area contributed by atoms with Gasteiger partial charge in [-0.15, -0.1) is 0 Å². The van der Waals surface area contributed by atoms with Gasteiger partial charge in [0.15, 0.2) is 0 Å². The Morgan fingerprint density at radius 1 is 1.16 bits per heavy atom. The van der Waals surface area contributed by atoms with Gasteiger partial charge in [0.2, 0.25) is 11.8 Å². The fraction of sp³-hybridized carbons (Fsp3) is 0.857. The van der Waals surface area contributed by atoms with E-state index in [0.717, 1.165) is 58.2 Å². The molecule has 0 aliphatic carbocycles. The predicted octanol–water partition coefficient (Wildman–Crippen LogP) is 0.880. The minimum Gasteiger partial charge on any atom is -0.359 e. The first-order valence-electron chi connectivity index (χ1n) is 7.38. The van der Waals surface area contributed by atoms with Crippen molar-refractivity contribution < 1.29 is 9.59 Å². The molecule has 0 radical (unpaired) electrons. The fourth-order valence-corrected chi connectivity index (χ4v) is 2.53. The van der Waals surface area contributed by atoms with Gasteiger partial charge < -0.3 is 16.0 Å². The minimum atomic E-state index is 0.0820. The van der Waals surface area contributed by atoms with Crippen LogP contribution >= 0.6 is 0 Å². The van der Waals surface area contributed by atoms with Crippen LogP contribution in [-0.2, 0) is 9.59 Å². The summed E-state index contributed by atoms with van der Waals surface area (Å²) in [4.78, 5) is 25.4. The summed E-state index contributed by atoms with van der Waals surface area (Å²) >= 11 is 0. The molecule has 0 aromatic carbocycles. The van der Waals surface area contributed by atoms with Gasteiger partial charge in [0.25, 0.3) is 0 Å². The number of likely N-dealkylation sites (tertiary alicyclic amines) is 1. The minimum absolute atomic E-state index is 0.0820. The number of rotatable bonds is 7. The molecule has 1 heterocycles. The van der Waals surface area contributed by atoms with Crippen LogP contribution in [0.3, 0.4) is 0 Å². The van der Waals surface area contributed by atoms with Crippen LogP contribution in [0.25, 0.3) is 0 Å². The summed E-state index contributed by atoms with van der Waals surface area (Å²) < 4.78 is 0. The standard InChI is InChI=1S/C14H27N3O2/c1-16-14(19)12-7-10-17(11-8-12)13(18)6-4-2-3-5-9-15/h12H,2-11,15H2,1H3,(H,16,19). The van der Waals surface area contributed by atoms with Crippen molar-refractivity contribution >= 4 is 11.8 Å². The van der Waals surface area contributed by atoms with E-state index in [9.17, 15) is 9.59 Å². The Labute approximate surface area is 115 Å². The highest BCUT2D eigenvalue weighted by atomic mass is 16.2. The summed E-state index contributed by atoms with van der Waals surface area (Å²) in [6.45, 7) is 2.18. The molecule has 1 aliphatic rings. The molecular weight excluding hydrogens is 242 g/mol. The lowest BCUT2D eigenvalue weighted by atomic mass is 9.95. The first kappa shape index (κ1) is 16.0. The number of carbonyl (C=O) groups excluding carboxylic acids is 2. The molecule has 1 aliphatic heterocycles. The summed E-state index contributed by atoms with van der Waals surface area (Å²) in [7, 11) is 1.67. The number of nitrogens with zero attached hydrogens (tertiary/aromatic N) is 1. The predicted molar refractivity (Wildman–Crippen MR) is 75.5 cm³/mol. The second-order valence-electron chi connectivity index (χ2n) is 5.22. The number of amides is 2. The van der Waals surface area contributed by atoms with Gasteiger partial charge in [-0.1, -0.05) is 12.8 Å². The van der Waals surface area contributed by atoms with Crippen molar-refractivity contribution in [1.82, 2.24) is 10.2 Å². The van der Waals surface area contributed by atoms with Crippen LogP contribution in [0.15, 0.2) is 0 Å². The molecule has 0 atom stereocenters. The quantitative estimate of drug-likeness (QED) is 0.674. The summed E-state index contributed by atoms with van der Waals surface area (Å²) in [6, 6.07) is 0. The number of nitrogens with one attached hydrogen (secondary N) is 1. The van der Waals surface area contributed by atoms with Crippen molar-refractivity contribution in [1.29, 1.82) is 0 Å². The van der Waals surface area contributed by atoms with E-state index >= 15 is 0 Å². The second-order valence-corrected chi connectivity index (χ2v) is 5.22. The van der Waals surface area contributed by atoms with Crippen LogP contribution in [0.4, 0.5) is 0 Å². The molecule has 5 heteroatoms. The first-order valence-corrected chi connectivity index (χ1v) is 7.38. The third-order valence-corrected chi connectivity index (χ3v) is 3.81. The van der Waals surface area contributed by atoms with Crippen LogP contribution < -0.4 is 11.1 Å². The Bertz CT molecular complexity index is 286. The average molecular weight is 269 g/mol. The highest BCUT2D eigenvalue weighted by Crippen LogP contribution is 2.18. The molecule has 0 unspecified atom stereocenters. The molecule has 0 bridgehead atoms. The number of hydrogen-bond donors (Lipinski definition) is 2. The molecule has 0 saturated carbocycles. The SMILES string of the molecule is CNC(=O)C1CCN(C(=O)CCCCCCN)CC1. The Balaban J connectivity index is 2.16. The van der Waals surface area contributed by atoms with Crippen LogP contribution in [-0.4, -0.2) is 43.4 Å². The molecule has 110 valence electrons. The van der Waals surface area contributed by atoms with Crippen LogP contribution in [0.2, 0.25) is 0 Å². The lowest BCUT2D eigenvalue weighted by Gasteiger charge is -2.31. The van der Waals surface area contributed by atoms with Crippen molar-refractivity contribution in [2.45, 2.75) is 44.9 Å². The van der Waals surface area contributed by atoms with Gasteiger partial charge in [-0.25, -0.2) is 0 Å². The molecule has 5 nitrogen and oxygen atoms in total. The number of unbranched alkanes of at least 4 members (excludes halogenated alkanes) is 3. The zero-order chi connectivity index (χ0) is 14.1. The van der Waals surface area contributed by atoms with Crippen molar-refractivity contribution in [2.24, 2.45) is 11.7 Å². The van der Waals surface area contributed by atoms with Gasteiger partial charge in [-0.2, -0.15) is 0 Å². The van der Waals surface area contributed by atoms with Crippen molar-refractivity contribution in [2.75, 3.05) is 26.7 Å². The Morgan fingerprint density at radius 3 is 2.37 bits per heavy atom. The van der Waals surface area contributed by atoms with Gasteiger partial charge >= 0.3 is 0 Å². The average Bonchev–Trinajstić information content (AvgIpc) is 2.46. The maximum Gasteiger partial charge on any atom is 0.222 e. The molecule has 0 aromatic heterocycles. The molecule has 2 amide bonds. The largest absolute Gasteiger partial charge is 0.359 e. The number of piperidine rings is 1. The Morgan fingerprint density at radius 2 is 1.79 bits per heavy atom. The lowest BCUT2D eigenvalue weighted by Crippen LogP contribution is -2.42. The molecule has 3 N–H and O–H groups in total. The molecule has 19 heavy (non-hydrogen) atoms. The third-order valence-electron chi connectivity index (χ3n) is 3.81. The van der Waals surface area contributed by atoms with Crippen molar-refractivity contribution in [3.8, 4) is 0 Å². The van der Waals surface area contributed by atoms with E-state index in [0.29, 0.717) is 6.42 Å². The zero-order valence-electron chi connectivity index (χ0n) is 12.0. The van der Waals surface area contributed by atoms with E-state index in [2.05, 4.69) is 5.32 Å². The summed E-state index contributed by atoms with van der Waals surface area (Å²) in [5.41, 5.74) is 5.43. The molecule has 1 rings (SSSR count). The van der Waals surface area contributed by atoms with Crippen LogP contribution in [0, 0.1) is 5.92 Å². The molecule has 0 spiro atoms. The normalized spacial score (nSPS) is 16.4. The van der Waals surface area contributed by atoms with E-state index < -0.39 is 0 Å². The van der Waals surface area contributed by atoms with E-state index in [-0.39, 0.29) is 17.7 Å². The van der Waals surface area contributed by atoms with Gasteiger partial charge in [0.1, 0.15) is 0 Å². The number of carbonyl (C=O) groups is 2. The number of hydrogen-bond acceptors (Lipinski definition) is 3. The van der Waals surface area contributed by atoms with Crippen molar-refractivity contribution in [3.63, 3.8) is 0 Å². The number of nitrogens with two attached hydrogens (primary N) is 1.